The fourth-order valence-corrected chi connectivity index (χ4v) is 5.41. The van der Waals surface area contributed by atoms with Crippen molar-refractivity contribution < 1.29 is 27.9 Å². The topological polar surface area (TPSA) is 71.1 Å². The zero-order valence-electron chi connectivity index (χ0n) is 15.7. The lowest BCUT2D eigenvalue weighted by atomic mass is 9.90. The summed E-state index contributed by atoms with van der Waals surface area (Å²) in [5.74, 6) is 0.819. The van der Waals surface area contributed by atoms with Crippen LogP contribution in [0.4, 0.5) is 0 Å². The van der Waals surface area contributed by atoms with Crippen LogP contribution in [0, 0.1) is 0 Å². The second-order valence-corrected chi connectivity index (χ2v) is 8.76. The molecule has 1 atom stereocenters. The maximum Gasteiger partial charge on any atom is 0.341 e. The fraction of sp³-hybridized carbons (Fsp3) is 0.611. The average Bonchev–Trinajstić information content (AvgIpc) is 2.52. The molecule has 0 aliphatic heterocycles. The third kappa shape index (κ3) is 4.25. The molecule has 7 heteroatoms. The van der Waals surface area contributed by atoms with E-state index in [1.165, 1.54) is 7.11 Å². The fourth-order valence-electron chi connectivity index (χ4n) is 3.02. The summed E-state index contributed by atoms with van der Waals surface area (Å²) in [6, 6.07) is 3.46. The summed E-state index contributed by atoms with van der Waals surface area (Å²) in [6.45, 7) is 7.13. The molecule has 0 aromatic heterocycles. The minimum Gasteiger partial charge on any atom is -0.493 e. The van der Waals surface area contributed by atoms with Crippen LogP contribution in [-0.4, -0.2) is 37.9 Å². The lowest BCUT2D eigenvalue weighted by molar-refractivity contribution is 0.0925. The van der Waals surface area contributed by atoms with Crippen LogP contribution in [0.3, 0.4) is 0 Å². The number of methoxy groups -OCH3 is 2. The highest BCUT2D eigenvalue weighted by Crippen LogP contribution is 2.58. The smallest absolute Gasteiger partial charge is 0.341 e. The van der Waals surface area contributed by atoms with Crippen molar-refractivity contribution >= 4 is 13.4 Å². The van der Waals surface area contributed by atoms with Gasteiger partial charge in [-0.25, -0.2) is 0 Å². The van der Waals surface area contributed by atoms with Gasteiger partial charge in [0.2, 0.25) is 0 Å². The van der Waals surface area contributed by atoms with Crippen molar-refractivity contribution in [3.8, 4) is 11.5 Å². The number of Topliss-reactive ketones (excluding diaryl/α,β-unsaturated/α-hetero) is 1. The maximum atomic E-state index is 13.4. The molecular formula is C18H27O6P. The molecule has 0 saturated heterocycles. The first kappa shape index (κ1) is 20.0. The molecule has 0 amide bonds. The molecule has 0 heterocycles. The summed E-state index contributed by atoms with van der Waals surface area (Å²) in [5, 5.41) is 0. The lowest BCUT2D eigenvalue weighted by Crippen LogP contribution is -2.31. The number of ether oxygens (including phenoxy) is 2. The number of fused-ring (bicyclic) bond motifs is 1. The van der Waals surface area contributed by atoms with Crippen LogP contribution in [0.25, 0.3) is 0 Å². The van der Waals surface area contributed by atoms with Gasteiger partial charge in [0.15, 0.2) is 17.3 Å². The molecule has 0 saturated carbocycles. The van der Waals surface area contributed by atoms with E-state index in [0.717, 1.165) is 5.56 Å². The summed E-state index contributed by atoms with van der Waals surface area (Å²) >= 11 is 0. The quantitative estimate of drug-likeness (QED) is 0.669. The highest BCUT2D eigenvalue weighted by Gasteiger charge is 2.45. The average molecular weight is 370 g/mol. The van der Waals surface area contributed by atoms with Gasteiger partial charge in [-0.05, 0) is 58.2 Å². The van der Waals surface area contributed by atoms with E-state index in [-0.39, 0.29) is 18.0 Å². The molecule has 0 bridgehead atoms. The van der Waals surface area contributed by atoms with Crippen LogP contribution < -0.4 is 9.47 Å². The Morgan fingerprint density at radius 2 is 1.52 bits per heavy atom. The molecular weight excluding hydrogens is 343 g/mol. The Labute approximate surface area is 149 Å². The summed E-state index contributed by atoms with van der Waals surface area (Å²) in [4.78, 5) is 13.1. The largest absolute Gasteiger partial charge is 0.493 e. The number of rotatable bonds is 7. The maximum absolute atomic E-state index is 13.4. The minimum absolute atomic E-state index is 0.230. The number of hydrogen-bond acceptors (Lipinski definition) is 6. The molecule has 1 aromatic rings. The van der Waals surface area contributed by atoms with Crippen molar-refractivity contribution in [2.75, 3.05) is 14.2 Å². The molecule has 0 fully saturated rings. The Balaban J connectivity index is 2.43. The van der Waals surface area contributed by atoms with Gasteiger partial charge >= 0.3 is 7.60 Å². The Morgan fingerprint density at radius 3 is 2.00 bits per heavy atom. The van der Waals surface area contributed by atoms with E-state index in [9.17, 15) is 9.36 Å². The normalized spacial score (nSPS) is 17.8. The minimum atomic E-state index is -3.58. The van der Waals surface area contributed by atoms with Crippen molar-refractivity contribution in [1.29, 1.82) is 0 Å². The van der Waals surface area contributed by atoms with Gasteiger partial charge < -0.3 is 18.5 Å². The van der Waals surface area contributed by atoms with Crippen molar-refractivity contribution in [3.05, 3.63) is 23.3 Å². The zero-order valence-corrected chi connectivity index (χ0v) is 16.6. The second kappa shape index (κ2) is 7.90. The first-order chi connectivity index (χ1) is 11.7. The van der Waals surface area contributed by atoms with E-state index < -0.39 is 13.3 Å². The molecule has 1 aliphatic carbocycles. The standard InChI is InChI=1S/C18H27O6P/c1-11(2)23-25(20,24-12(3)4)17-8-7-13-9-15(21-5)16(22-6)10-14(13)18(17)19/h9-12,17H,7-8H2,1-6H3. The van der Waals surface area contributed by atoms with Crippen molar-refractivity contribution in [2.24, 2.45) is 0 Å². The molecule has 6 nitrogen and oxygen atoms in total. The van der Waals surface area contributed by atoms with E-state index in [4.69, 9.17) is 18.5 Å². The summed E-state index contributed by atoms with van der Waals surface area (Å²) in [6.07, 6.45) is 0.408. The van der Waals surface area contributed by atoms with E-state index in [2.05, 4.69) is 0 Å². The van der Waals surface area contributed by atoms with Crippen LogP contribution in [-0.2, 0) is 20.0 Å². The highest BCUT2D eigenvalue weighted by molar-refractivity contribution is 7.55. The number of benzene rings is 1. The SMILES string of the molecule is COc1cc2c(cc1OC)C(=O)C(P(=O)(OC(C)C)OC(C)C)CC2. The molecule has 0 radical (unpaired) electrons. The number of hydrogen-bond donors (Lipinski definition) is 0. The third-order valence-electron chi connectivity index (χ3n) is 3.96. The van der Waals surface area contributed by atoms with Crippen molar-refractivity contribution in [1.82, 2.24) is 0 Å². The van der Waals surface area contributed by atoms with Gasteiger partial charge in [0.25, 0.3) is 0 Å². The van der Waals surface area contributed by atoms with Gasteiger partial charge in [-0.2, -0.15) is 0 Å². The second-order valence-electron chi connectivity index (χ2n) is 6.63. The first-order valence-electron chi connectivity index (χ1n) is 8.47. The predicted octanol–water partition coefficient (Wildman–Crippen LogP) is 4.24. The number of carbonyl (C=O) groups excluding carboxylic acids is 1. The molecule has 1 aliphatic rings. The van der Waals surface area contributed by atoms with Gasteiger partial charge in [-0.3, -0.25) is 9.36 Å². The number of carbonyl (C=O) groups is 1. The van der Waals surface area contributed by atoms with E-state index in [1.54, 1.807) is 46.9 Å². The molecule has 2 rings (SSSR count). The third-order valence-corrected chi connectivity index (χ3v) is 6.65. The molecule has 1 aromatic carbocycles. The Bertz CT molecular complexity index is 668. The molecule has 0 N–H and O–H groups in total. The molecule has 140 valence electrons. The lowest BCUT2D eigenvalue weighted by Gasteiger charge is -2.32. The summed E-state index contributed by atoms with van der Waals surface area (Å²) in [5.41, 5.74) is 0.552. The Hall–Kier alpha value is -1.36. The molecule has 25 heavy (non-hydrogen) atoms. The first-order valence-corrected chi connectivity index (χ1v) is 10.1. The van der Waals surface area contributed by atoms with Crippen molar-refractivity contribution in [3.63, 3.8) is 0 Å². The van der Waals surface area contributed by atoms with Crippen LogP contribution >= 0.6 is 7.60 Å². The predicted molar refractivity (Wildman–Crippen MR) is 96.0 cm³/mol. The van der Waals surface area contributed by atoms with Crippen LogP contribution in [0.15, 0.2) is 12.1 Å². The van der Waals surface area contributed by atoms with Gasteiger partial charge in [-0.1, -0.05) is 0 Å². The number of ketones is 1. The Morgan fingerprint density at radius 1 is 1.00 bits per heavy atom. The van der Waals surface area contributed by atoms with E-state index >= 15 is 0 Å². The van der Waals surface area contributed by atoms with Gasteiger partial charge in [-0.15, -0.1) is 0 Å². The highest BCUT2D eigenvalue weighted by atomic mass is 31.2. The summed E-state index contributed by atoms with van der Waals surface area (Å²) in [7, 11) is -0.511. The number of aryl methyl sites for hydroxylation is 1. The van der Waals surface area contributed by atoms with Crippen LogP contribution in [0.2, 0.25) is 0 Å². The van der Waals surface area contributed by atoms with Gasteiger partial charge in [0.1, 0.15) is 5.66 Å². The Kier molecular flexibility index (Phi) is 6.30. The van der Waals surface area contributed by atoms with E-state index in [1.807, 2.05) is 0 Å². The zero-order chi connectivity index (χ0) is 18.8. The van der Waals surface area contributed by atoms with Crippen LogP contribution in [0.1, 0.15) is 50.0 Å². The van der Waals surface area contributed by atoms with Gasteiger partial charge in [0, 0.05) is 5.56 Å². The molecule has 0 spiro atoms. The van der Waals surface area contributed by atoms with Gasteiger partial charge in [0.05, 0.1) is 26.4 Å². The monoisotopic (exact) mass is 370 g/mol. The van der Waals surface area contributed by atoms with Crippen LogP contribution in [0.5, 0.6) is 11.5 Å². The van der Waals surface area contributed by atoms with E-state index in [0.29, 0.717) is 29.9 Å². The summed E-state index contributed by atoms with van der Waals surface area (Å²) < 4.78 is 35.2. The molecule has 1 unspecified atom stereocenters. The van der Waals surface area contributed by atoms with Crippen molar-refractivity contribution in [2.45, 2.75) is 58.4 Å².